The van der Waals surface area contributed by atoms with Crippen molar-refractivity contribution in [3.05, 3.63) is 47.5 Å². The summed E-state index contributed by atoms with van der Waals surface area (Å²) in [5.41, 5.74) is 1.44. The van der Waals surface area contributed by atoms with E-state index in [1.165, 1.54) is 7.11 Å². The molecule has 0 unspecified atom stereocenters. The molecule has 0 aliphatic carbocycles. The van der Waals surface area contributed by atoms with Crippen molar-refractivity contribution in [2.75, 3.05) is 7.11 Å². The van der Waals surface area contributed by atoms with Crippen LogP contribution in [0.1, 0.15) is 41.8 Å². The second-order valence-electron chi connectivity index (χ2n) is 4.58. The van der Waals surface area contributed by atoms with Gasteiger partial charge in [0.2, 0.25) is 0 Å². The highest BCUT2D eigenvalue weighted by Crippen LogP contribution is 2.25. The van der Waals surface area contributed by atoms with Gasteiger partial charge in [-0.3, -0.25) is 0 Å². The Morgan fingerprint density at radius 1 is 1.32 bits per heavy atom. The number of fused-ring (bicyclic) bond motifs is 1. The second kappa shape index (κ2) is 5.85. The third-order valence-corrected chi connectivity index (χ3v) is 3.26. The van der Waals surface area contributed by atoms with Crippen LogP contribution < -0.4 is 0 Å². The Morgan fingerprint density at radius 3 is 2.79 bits per heavy atom. The first-order chi connectivity index (χ1) is 9.17. The molecule has 19 heavy (non-hydrogen) atoms. The SMILES string of the molecule is CCC[C@H](O)c1ccc2c(C(=O)OC)cccc2c1. The van der Waals surface area contributed by atoms with Gasteiger partial charge in [0.15, 0.2) is 0 Å². The minimum absolute atomic E-state index is 0.340. The van der Waals surface area contributed by atoms with Crippen LogP contribution in [0.4, 0.5) is 0 Å². The number of benzene rings is 2. The molecule has 0 radical (unpaired) electrons. The predicted molar refractivity (Wildman–Crippen MR) is 75.2 cm³/mol. The first kappa shape index (κ1) is 13.6. The Morgan fingerprint density at radius 2 is 2.11 bits per heavy atom. The highest BCUT2D eigenvalue weighted by Gasteiger charge is 2.12. The molecule has 0 aliphatic rings. The van der Waals surface area contributed by atoms with Crippen molar-refractivity contribution in [2.45, 2.75) is 25.9 Å². The number of carbonyl (C=O) groups excluding carboxylic acids is 1. The lowest BCUT2D eigenvalue weighted by molar-refractivity contribution is 0.0603. The van der Waals surface area contributed by atoms with Crippen LogP contribution in [0.3, 0.4) is 0 Å². The van der Waals surface area contributed by atoms with Gasteiger partial charge in [-0.05, 0) is 34.9 Å². The summed E-state index contributed by atoms with van der Waals surface area (Å²) in [6.07, 6.45) is 1.22. The molecule has 0 heterocycles. The number of rotatable bonds is 4. The van der Waals surface area contributed by atoms with E-state index in [-0.39, 0.29) is 5.97 Å². The van der Waals surface area contributed by atoms with E-state index >= 15 is 0 Å². The van der Waals surface area contributed by atoms with Gasteiger partial charge in [-0.25, -0.2) is 4.79 Å². The second-order valence-corrected chi connectivity index (χ2v) is 4.58. The van der Waals surface area contributed by atoms with Crippen LogP contribution in [0.15, 0.2) is 36.4 Å². The molecule has 2 aromatic rings. The van der Waals surface area contributed by atoms with Gasteiger partial charge in [-0.2, -0.15) is 0 Å². The van der Waals surface area contributed by atoms with E-state index < -0.39 is 6.10 Å². The molecule has 0 aliphatic heterocycles. The summed E-state index contributed by atoms with van der Waals surface area (Å²) in [4.78, 5) is 11.7. The molecule has 0 aromatic heterocycles. The zero-order chi connectivity index (χ0) is 13.8. The average Bonchev–Trinajstić information content (AvgIpc) is 2.45. The number of hydrogen-bond donors (Lipinski definition) is 1. The van der Waals surface area contributed by atoms with Crippen LogP contribution in [0.25, 0.3) is 10.8 Å². The summed E-state index contributed by atoms with van der Waals surface area (Å²) >= 11 is 0. The van der Waals surface area contributed by atoms with Crippen molar-refractivity contribution in [2.24, 2.45) is 0 Å². The topological polar surface area (TPSA) is 46.5 Å². The number of esters is 1. The number of ether oxygens (including phenoxy) is 1. The van der Waals surface area contributed by atoms with Crippen molar-refractivity contribution >= 4 is 16.7 Å². The van der Waals surface area contributed by atoms with Crippen LogP contribution in [0.2, 0.25) is 0 Å². The van der Waals surface area contributed by atoms with E-state index in [0.29, 0.717) is 5.56 Å². The molecular weight excluding hydrogens is 240 g/mol. The molecule has 1 N–H and O–H groups in total. The molecular formula is C16H18O3. The zero-order valence-corrected chi connectivity index (χ0v) is 11.2. The van der Waals surface area contributed by atoms with E-state index in [9.17, 15) is 9.90 Å². The Balaban J connectivity index is 2.48. The molecule has 100 valence electrons. The molecule has 0 bridgehead atoms. The minimum atomic E-state index is -0.448. The van der Waals surface area contributed by atoms with Gasteiger partial charge in [0.1, 0.15) is 0 Å². The smallest absolute Gasteiger partial charge is 0.338 e. The molecule has 3 nitrogen and oxygen atoms in total. The summed E-state index contributed by atoms with van der Waals surface area (Å²) < 4.78 is 4.77. The maximum atomic E-state index is 11.7. The van der Waals surface area contributed by atoms with Crippen molar-refractivity contribution in [3.8, 4) is 0 Å². The van der Waals surface area contributed by atoms with Crippen LogP contribution >= 0.6 is 0 Å². The standard InChI is InChI=1S/C16H18O3/c1-3-5-15(17)12-8-9-13-11(10-12)6-4-7-14(13)16(18)19-2/h4,6-10,15,17H,3,5H2,1-2H3/t15-/m0/s1. The number of methoxy groups -OCH3 is 1. The number of carbonyl (C=O) groups is 1. The Hall–Kier alpha value is -1.87. The fourth-order valence-electron chi connectivity index (χ4n) is 2.24. The van der Waals surface area contributed by atoms with Crippen molar-refractivity contribution in [1.82, 2.24) is 0 Å². The molecule has 3 heteroatoms. The maximum absolute atomic E-state index is 11.7. The van der Waals surface area contributed by atoms with Gasteiger partial charge in [0, 0.05) is 0 Å². The monoisotopic (exact) mass is 258 g/mol. The molecule has 2 rings (SSSR count). The van der Waals surface area contributed by atoms with Crippen molar-refractivity contribution in [1.29, 1.82) is 0 Å². The lowest BCUT2D eigenvalue weighted by Gasteiger charge is -2.11. The van der Waals surface area contributed by atoms with Gasteiger partial charge in [-0.1, -0.05) is 37.6 Å². The van der Waals surface area contributed by atoms with Crippen molar-refractivity contribution < 1.29 is 14.6 Å². The normalized spacial score (nSPS) is 12.4. The molecule has 1 atom stereocenters. The highest BCUT2D eigenvalue weighted by atomic mass is 16.5. The quantitative estimate of drug-likeness (QED) is 0.854. The van der Waals surface area contributed by atoms with E-state index in [2.05, 4.69) is 0 Å². The lowest BCUT2D eigenvalue weighted by Crippen LogP contribution is -2.02. The molecule has 0 fully saturated rings. The Labute approximate surface area is 112 Å². The third-order valence-electron chi connectivity index (χ3n) is 3.26. The lowest BCUT2D eigenvalue weighted by atomic mass is 9.98. The number of aliphatic hydroxyl groups is 1. The summed E-state index contributed by atoms with van der Waals surface area (Å²) in [6.45, 7) is 2.04. The maximum Gasteiger partial charge on any atom is 0.338 e. The van der Waals surface area contributed by atoms with Crippen LogP contribution in [0.5, 0.6) is 0 Å². The van der Waals surface area contributed by atoms with Gasteiger partial charge in [-0.15, -0.1) is 0 Å². The van der Waals surface area contributed by atoms with Crippen LogP contribution in [0, 0.1) is 0 Å². The zero-order valence-electron chi connectivity index (χ0n) is 11.2. The van der Waals surface area contributed by atoms with Gasteiger partial charge < -0.3 is 9.84 Å². The first-order valence-electron chi connectivity index (χ1n) is 6.46. The Kier molecular flexibility index (Phi) is 4.17. The first-order valence-corrected chi connectivity index (χ1v) is 6.46. The summed E-state index contributed by atoms with van der Waals surface area (Å²) in [7, 11) is 1.38. The van der Waals surface area contributed by atoms with Crippen molar-refractivity contribution in [3.63, 3.8) is 0 Å². The molecule has 0 saturated carbocycles. The summed E-state index contributed by atoms with van der Waals surface area (Å²) in [5, 5.41) is 11.8. The van der Waals surface area contributed by atoms with Crippen LogP contribution in [-0.4, -0.2) is 18.2 Å². The minimum Gasteiger partial charge on any atom is -0.465 e. The number of aliphatic hydroxyl groups excluding tert-OH is 1. The predicted octanol–water partition coefficient (Wildman–Crippen LogP) is 3.46. The summed E-state index contributed by atoms with van der Waals surface area (Å²) in [5.74, 6) is -0.340. The van der Waals surface area contributed by atoms with Gasteiger partial charge in [0.05, 0.1) is 18.8 Å². The van der Waals surface area contributed by atoms with E-state index in [1.807, 2.05) is 37.3 Å². The van der Waals surface area contributed by atoms with E-state index in [0.717, 1.165) is 29.2 Å². The van der Waals surface area contributed by atoms with E-state index in [4.69, 9.17) is 4.74 Å². The fourth-order valence-corrected chi connectivity index (χ4v) is 2.24. The fraction of sp³-hybridized carbons (Fsp3) is 0.312. The third kappa shape index (κ3) is 2.76. The average molecular weight is 258 g/mol. The molecule has 2 aromatic carbocycles. The summed E-state index contributed by atoms with van der Waals surface area (Å²) in [6, 6.07) is 11.2. The number of hydrogen-bond acceptors (Lipinski definition) is 3. The highest BCUT2D eigenvalue weighted by molar-refractivity contribution is 6.04. The largest absolute Gasteiger partial charge is 0.465 e. The Bertz CT molecular complexity index is 590. The van der Waals surface area contributed by atoms with Gasteiger partial charge >= 0.3 is 5.97 Å². The van der Waals surface area contributed by atoms with Gasteiger partial charge in [0.25, 0.3) is 0 Å². The van der Waals surface area contributed by atoms with Crippen LogP contribution in [-0.2, 0) is 4.74 Å². The van der Waals surface area contributed by atoms with E-state index in [1.54, 1.807) is 6.07 Å². The molecule has 0 spiro atoms. The molecule has 0 saturated heterocycles. The molecule has 0 amide bonds.